The van der Waals surface area contributed by atoms with Crippen molar-refractivity contribution in [2.45, 2.75) is 68.7 Å². The first-order valence-electron chi connectivity index (χ1n) is 9.15. The number of benzene rings is 1. The zero-order valence-corrected chi connectivity index (χ0v) is 15.7. The van der Waals surface area contributed by atoms with Gasteiger partial charge in [0.1, 0.15) is 0 Å². The van der Waals surface area contributed by atoms with E-state index >= 15 is 0 Å². The minimum absolute atomic E-state index is 0. The van der Waals surface area contributed by atoms with Crippen LogP contribution in [0.1, 0.15) is 68.1 Å². The van der Waals surface area contributed by atoms with Gasteiger partial charge < -0.3 is 16.3 Å². The van der Waals surface area contributed by atoms with Gasteiger partial charge in [-0.15, -0.1) is 0 Å². The lowest BCUT2D eigenvalue weighted by Gasteiger charge is -2.25. The van der Waals surface area contributed by atoms with Crippen LogP contribution >= 0.6 is 11.9 Å². The van der Waals surface area contributed by atoms with Crippen molar-refractivity contribution in [2.75, 3.05) is 13.1 Å². The third-order valence-electron chi connectivity index (χ3n) is 4.84. The summed E-state index contributed by atoms with van der Waals surface area (Å²) in [6.07, 6.45) is 11.3. The zero-order valence-electron chi connectivity index (χ0n) is 14.9. The summed E-state index contributed by atoms with van der Waals surface area (Å²) in [7, 11) is 0. The molecule has 142 valence electrons. The molecule has 2 aliphatic rings. The van der Waals surface area contributed by atoms with Gasteiger partial charge in [-0.3, -0.25) is 4.79 Å². The van der Waals surface area contributed by atoms with E-state index in [9.17, 15) is 4.79 Å². The van der Waals surface area contributed by atoms with Gasteiger partial charge in [0.25, 0.3) is 5.91 Å². The summed E-state index contributed by atoms with van der Waals surface area (Å²) >= 11 is 1.80. The van der Waals surface area contributed by atoms with E-state index in [-0.39, 0.29) is 16.9 Å². The Morgan fingerprint density at radius 2 is 1.60 bits per heavy atom. The van der Waals surface area contributed by atoms with Crippen molar-refractivity contribution in [3.05, 3.63) is 29.8 Å². The van der Waals surface area contributed by atoms with Gasteiger partial charge in [0.15, 0.2) is 0 Å². The van der Waals surface area contributed by atoms with Gasteiger partial charge in [0.2, 0.25) is 0 Å². The highest BCUT2D eigenvalue weighted by atomic mass is 32.2. The molecule has 0 aromatic heterocycles. The molecule has 6 heteroatoms. The van der Waals surface area contributed by atoms with Crippen molar-refractivity contribution in [1.29, 1.82) is 0 Å². The fraction of sp³-hybridized carbons (Fsp3) is 0.632. The van der Waals surface area contributed by atoms with Crippen molar-refractivity contribution in [2.24, 2.45) is 0 Å². The Bertz CT molecular complexity index is 513. The van der Waals surface area contributed by atoms with E-state index in [0.29, 0.717) is 6.04 Å². The maximum absolute atomic E-state index is 12.5. The molecule has 0 bridgehead atoms. The molecule has 1 aromatic rings. The Labute approximate surface area is 155 Å². The lowest BCUT2D eigenvalue weighted by molar-refractivity contribution is 0.0933. The Balaban J connectivity index is 0.00000156. The highest BCUT2D eigenvalue weighted by Crippen LogP contribution is 2.27. The monoisotopic (exact) mass is 368 g/mol. The van der Waals surface area contributed by atoms with Gasteiger partial charge in [0, 0.05) is 29.6 Å². The number of carbonyl (C=O) groups excluding carboxylic acids is 1. The summed E-state index contributed by atoms with van der Waals surface area (Å²) in [6.45, 7) is 2.31. The minimum Gasteiger partial charge on any atom is -0.412 e. The molecular weight excluding hydrogens is 336 g/mol. The van der Waals surface area contributed by atoms with Crippen LogP contribution in [0.3, 0.4) is 0 Å². The summed E-state index contributed by atoms with van der Waals surface area (Å²) in [5.41, 5.74) is 0.802. The Morgan fingerprint density at radius 3 is 2.28 bits per heavy atom. The molecule has 1 heterocycles. The normalized spacial score (nSPS) is 19.2. The molecule has 25 heavy (non-hydrogen) atoms. The highest BCUT2D eigenvalue weighted by molar-refractivity contribution is 7.97. The number of amides is 1. The Kier molecular flexibility index (Phi) is 10.1. The van der Waals surface area contributed by atoms with Crippen molar-refractivity contribution in [3.63, 3.8) is 0 Å². The molecule has 5 N–H and O–H groups in total. The van der Waals surface area contributed by atoms with E-state index in [0.717, 1.165) is 31.5 Å². The Morgan fingerprint density at radius 1 is 0.960 bits per heavy atom. The molecule has 1 aliphatic heterocycles. The molecule has 1 aliphatic carbocycles. The fourth-order valence-electron chi connectivity index (χ4n) is 3.49. The highest BCUT2D eigenvalue weighted by Gasteiger charge is 2.17. The van der Waals surface area contributed by atoms with Crippen LogP contribution < -0.4 is 5.32 Å². The van der Waals surface area contributed by atoms with Gasteiger partial charge in [-0.25, -0.2) is 4.31 Å². The van der Waals surface area contributed by atoms with Crippen molar-refractivity contribution < 1.29 is 15.7 Å². The summed E-state index contributed by atoms with van der Waals surface area (Å²) in [5, 5.41) is 3.24. The number of piperidine rings is 1. The molecule has 1 amide bonds. The smallest absolute Gasteiger partial charge is 0.251 e. The molecular formula is C19H32N2O3S. The maximum Gasteiger partial charge on any atom is 0.251 e. The maximum atomic E-state index is 12.5. The van der Waals surface area contributed by atoms with Crippen LogP contribution in [0, 0.1) is 0 Å². The van der Waals surface area contributed by atoms with E-state index in [4.69, 9.17) is 0 Å². The standard InChI is InChI=1S/C19H28N2OS.2H2O/c22-19(20-17-10-4-1-2-5-11-17)16-9-8-12-18(15-16)23-21-13-6-3-7-14-21;;/h8-9,12,15,17H,1-7,10-11,13-14H2,(H,20,22);2*1H2. The van der Waals surface area contributed by atoms with Gasteiger partial charge in [-0.1, -0.05) is 38.2 Å². The van der Waals surface area contributed by atoms with Crippen LogP contribution in [0.5, 0.6) is 0 Å². The van der Waals surface area contributed by atoms with Crippen LogP contribution in [-0.4, -0.2) is 40.3 Å². The number of carbonyl (C=O) groups is 1. The third-order valence-corrected chi connectivity index (χ3v) is 5.92. The second-order valence-corrected chi connectivity index (χ2v) is 7.94. The van der Waals surface area contributed by atoms with Crippen LogP contribution in [0.4, 0.5) is 0 Å². The van der Waals surface area contributed by atoms with E-state index in [1.165, 1.54) is 49.8 Å². The van der Waals surface area contributed by atoms with E-state index < -0.39 is 0 Å². The van der Waals surface area contributed by atoms with Gasteiger partial charge in [0.05, 0.1) is 0 Å². The quantitative estimate of drug-likeness (QED) is 0.653. The average molecular weight is 369 g/mol. The predicted octanol–water partition coefficient (Wildman–Crippen LogP) is 2.98. The number of hydrogen-bond acceptors (Lipinski definition) is 3. The molecule has 0 unspecified atom stereocenters. The van der Waals surface area contributed by atoms with Crippen LogP contribution in [0.25, 0.3) is 0 Å². The molecule has 1 aromatic carbocycles. The van der Waals surface area contributed by atoms with E-state index in [1.54, 1.807) is 11.9 Å². The molecule has 0 radical (unpaired) electrons. The minimum atomic E-state index is 0. The van der Waals surface area contributed by atoms with Gasteiger partial charge in [-0.05, 0) is 55.8 Å². The lowest BCUT2D eigenvalue weighted by atomic mass is 10.1. The second kappa shape index (κ2) is 11.5. The molecule has 3 rings (SSSR count). The molecule has 1 saturated heterocycles. The molecule has 2 fully saturated rings. The zero-order chi connectivity index (χ0) is 15.9. The van der Waals surface area contributed by atoms with Crippen molar-refractivity contribution in [3.8, 4) is 0 Å². The summed E-state index contributed by atoms with van der Waals surface area (Å²) < 4.78 is 2.42. The molecule has 0 atom stereocenters. The number of nitrogens with one attached hydrogen (secondary N) is 1. The number of rotatable bonds is 4. The number of hydrogen-bond donors (Lipinski definition) is 1. The summed E-state index contributed by atoms with van der Waals surface area (Å²) in [5.74, 6) is 0.0954. The van der Waals surface area contributed by atoms with Crippen molar-refractivity contribution >= 4 is 17.9 Å². The Hall–Kier alpha value is -1.08. The predicted molar refractivity (Wildman–Crippen MR) is 104 cm³/mol. The third kappa shape index (κ3) is 6.98. The first-order valence-corrected chi connectivity index (χ1v) is 9.92. The van der Waals surface area contributed by atoms with Crippen LogP contribution in [0.15, 0.2) is 29.2 Å². The average Bonchev–Trinajstić information content (AvgIpc) is 2.85. The topological polar surface area (TPSA) is 95.3 Å². The SMILES string of the molecule is O.O.O=C(NC1CCCCCC1)c1cccc(SN2CCCCC2)c1. The van der Waals surface area contributed by atoms with Crippen molar-refractivity contribution in [1.82, 2.24) is 9.62 Å². The largest absolute Gasteiger partial charge is 0.412 e. The van der Waals surface area contributed by atoms with Gasteiger partial charge >= 0.3 is 0 Å². The first-order chi connectivity index (χ1) is 11.3. The summed E-state index contributed by atoms with van der Waals surface area (Å²) in [6, 6.07) is 8.47. The lowest BCUT2D eigenvalue weighted by Crippen LogP contribution is -2.34. The first kappa shape index (κ1) is 22.0. The molecule has 0 spiro atoms. The van der Waals surface area contributed by atoms with Crippen LogP contribution in [-0.2, 0) is 0 Å². The molecule has 5 nitrogen and oxygen atoms in total. The fourth-order valence-corrected chi connectivity index (χ4v) is 4.55. The molecule has 1 saturated carbocycles. The second-order valence-electron chi connectivity index (χ2n) is 6.77. The number of nitrogens with zero attached hydrogens (tertiary/aromatic N) is 1. The van der Waals surface area contributed by atoms with E-state index in [2.05, 4.69) is 15.7 Å². The summed E-state index contributed by atoms with van der Waals surface area (Å²) in [4.78, 5) is 13.7. The van der Waals surface area contributed by atoms with Crippen LogP contribution in [0.2, 0.25) is 0 Å². The van der Waals surface area contributed by atoms with Gasteiger partial charge in [-0.2, -0.15) is 0 Å². The van der Waals surface area contributed by atoms with E-state index in [1.807, 2.05) is 18.2 Å².